The van der Waals surface area contributed by atoms with E-state index in [1.165, 1.54) is 10.6 Å². The third kappa shape index (κ3) is 5.35. The van der Waals surface area contributed by atoms with Crippen LogP contribution in [0.3, 0.4) is 0 Å². The van der Waals surface area contributed by atoms with Gasteiger partial charge in [-0.1, -0.05) is 6.07 Å². The average Bonchev–Trinajstić information content (AvgIpc) is 3.07. The molecule has 0 amide bonds. The van der Waals surface area contributed by atoms with Gasteiger partial charge in [-0.2, -0.15) is 0 Å². The smallest absolute Gasteiger partial charge is 0.193 e. The quantitative estimate of drug-likeness (QED) is 0.460. The topological polar surface area (TPSA) is 32.6 Å². The molecule has 0 aliphatic carbocycles. The molecule has 2 aromatic rings. The number of aliphatic imine (C=N–C) groups is 1. The summed E-state index contributed by atoms with van der Waals surface area (Å²) in [5, 5.41) is 5.53. The van der Waals surface area contributed by atoms with E-state index in [1.807, 2.05) is 7.05 Å². The molecule has 2 aromatic heterocycles. The van der Waals surface area contributed by atoms with Gasteiger partial charge >= 0.3 is 0 Å². The van der Waals surface area contributed by atoms with Gasteiger partial charge in [0.1, 0.15) is 0 Å². The Labute approximate surface area is 147 Å². The monoisotopic (exact) mass is 418 g/mol. The lowest BCUT2D eigenvalue weighted by Crippen LogP contribution is -2.39. The third-order valence-electron chi connectivity index (χ3n) is 3.26. The third-order valence-corrected chi connectivity index (χ3v) is 4.19. The van der Waals surface area contributed by atoms with Crippen molar-refractivity contribution >= 4 is 41.3 Å². The maximum atomic E-state index is 4.34. The maximum absolute atomic E-state index is 4.34. The number of thiophene rings is 1. The second-order valence-electron chi connectivity index (χ2n) is 4.77. The van der Waals surface area contributed by atoms with Gasteiger partial charge in [0, 0.05) is 44.5 Å². The molecular weight excluding hydrogens is 395 g/mol. The van der Waals surface area contributed by atoms with E-state index in [0.29, 0.717) is 0 Å². The summed E-state index contributed by atoms with van der Waals surface area (Å²) in [4.78, 5) is 7.89. The largest absolute Gasteiger partial charge is 0.356 e. The summed E-state index contributed by atoms with van der Waals surface area (Å²) in [6, 6.07) is 8.46. The van der Waals surface area contributed by atoms with Gasteiger partial charge in [-0.15, -0.1) is 35.3 Å². The zero-order valence-electron chi connectivity index (χ0n) is 12.7. The molecule has 0 spiro atoms. The summed E-state index contributed by atoms with van der Waals surface area (Å²) in [7, 11) is 5.96. The van der Waals surface area contributed by atoms with Gasteiger partial charge in [0.05, 0.1) is 6.54 Å². The minimum absolute atomic E-state index is 0. The lowest BCUT2D eigenvalue weighted by atomic mass is 10.3. The van der Waals surface area contributed by atoms with E-state index in [2.05, 4.69) is 69.7 Å². The number of hydrogen-bond acceptors (Lipinski definition) is 2. The summed E-state index contributed by atoms with van der Waals surface area (Å²) >= 11 is 1.80. The normalized spacial score (nSPS) is 11.1. The second kappa shape index (κ2) is 9.09. The molecule has 6 heteroatoms. The Hall–Kier alpha value is -1.02. The van der Waals surface area contributed by atoms with Crippen LogP contribution in [0.25, 0.3) is 0 Å². The highest BCUT2D eigenvalue weighted by atomic mass is 127. The van der Waals surface area contributed by atoms with Crippen LogP contribution in [0.5, 0.6) is 0 Å². The second-order valence-corrected chi connectivity index (χ2v) is 5.80. The molecule has 0 saturated carbocycles. The summed E-state index contributed by atoms with van der Waals surface area (Å²) in [5.74, 6) is 0.933. The fourth-order valence-corrected chi connectivity index (χ4v) is 2.82. The average molecular weight is 418 g/mol. The van der Waals surface area contributed by atoms with E-state index in [0.717, 1.165) is 25.5 Å². The number of aromatic nitrogens is 1. The molecule has 21 heavy (non-hydrogen) atoms. The van der Waals surface area contributed by atoms with Crippen LogP contribution in [0.2, 0.25) is 0 Å². The number of halogens is 1. The van der Waals surface area contributed by atoms with Gasteiger partial charge in [-0.05, 0) is 30.0 Å². The lowest BCUT2D eigenvalue weighted by molar-refractivity contribution is 0.462. The predicted octanol–water partition coefficient (Wildman–Crippen LogP) is 2.95. The van der Waals surface area contributed by atoms with E-state index in [4.69, 9.17) is 0 Å². The van der Waals surface area contributed by atoms with Gasteiger partial charge in [-0.3, -0.25) is 4.99 Å². The molecule has 0 atom stereocenters. The molecule has 0 aliphatic heterocycles. The minimum atomic E-state index is 0. The summed E-state index contributed by atoms with van der Waals surface area (Å²) < 4.78 is 2.13. The molecule has 0 aliphatic rings. The number of nitrogens with one attached hydrogen (secondary N) is 1. The van der Waals surface area contributed by atoms with E-state index >= 15 is 0 Å². The van der Waals surface area contributed by atoms with Crippen LogP contribution in [0.15, 0.2) is 40.8 Å². The van der Waals surface area contributed by atoms with Gasteiger partial charge in [0.2, 0.25) is 0 Å². The molecule has 0 saturated heterocycles. The number of aryl methyl sites for hydroxylation is 1. The zero-order valence-corrected chi connectivity index (χ0v) is 15.9. The van der Waals surface area contributed by atoms with Crippen molar-refractivity contribution in [2.24, 2.45) is 12.0 Å². The van der Waals surface area contributed by atoms with Crippen molar-refractivity contribution in [2.45, 2.75) is 13.0 Å². The molecule has 116 valence electrons. The zero-order chi connectivity index (χ0) is 14.4. The Morgan fingerprint density at radius 3 is 2.76 bits per heavy atom. The first-order valence-corrected chi connectivity index (χ1v) is 7.63. The molecule has 0 radical (unpaired) electrons. The van der Waals surface area contributed by atoms with Gasteiger partial charge in [0.15, 0.2) is 5.96 Å². The van der Waals surface area contributed by atoms with Crippen LogP contribution in [0.4, 0.5) is 0 Å². The van der Waals surface area contributed by atoms with E-state index in [9.17, 15) is 0 Å². The summed E-state index contributed by atoms with van der Waals surface area (Å²) in [6.07, 6.45) is 3.10. The standard InChI is InChI=1S/C15H22N4S.HI/c1-16-15(17-9-8-14-7-5-11-20-14)19(3)12-13-6-4-10-18(13)2;/h4-7,10-11H,8-9,12H2,1-3H3,(H,16,17);1H. The Balaban J connectivity index is 0.00000220. The number of nitrogens with zero attached hydrogens (tertiary/aromatic N) is 3. The molecule has 2 heterocycles. The van der Waals surface area contributed by atoms with Crippen molar-refractivity contribution in [3.05, 3.63) is 46.4 Å². The van der Waals surface area contributed by atoms with Crippen molar-refractivity contribution in [3.8, 4) is 0 Å². The van der Waals surface area contributed by atoms with Crippen LogP contribution < -0.4 is 5.32 Å². The Kier molecular flexibility index (Phi) is 7.81. The first-order chi connectivity index (χ1) is 9.70. The maximum Gasteiger partial charge on any atom is 0.193 e. The lowest BCUT2D eigenvalue weighted by Gasteiger charge is -2.22. The van der Waals surface area contributed by atoms with Crippen LogP contribution >= 0.6 is 35.3 Å². The van der Waals surface area contributed by atoms with Gasteiger partial charge < -0.3 is 14.8 Å². The molecule has 0 aromatic carbocycles. The van der Waals surface area contributed by atoms with Gasteiger partial charge in [0.25, 0.3) is 0 Å². The van der Waals surface area contributed by atoms with E-state index < -0.39 is 0 Å². The van der Waals surface area contributed by atoms with E-state index in [-0.39, 0.29) is 24.0 Å². The minimum Gasteiger partial charge on any atom is -0.356 e. The Bertz CT molecular complexity index is 548. The number of guanidine groups is 1. The SMILES string of the molecule is CN=C(NCCc1cccs1)N(C)Cc1cccn1C.I. The number of hydrogen-bond donors (Lipinski definition) is 1. The molecule has 0 unspecified atom stereocenters. The summed E-state index contributed by atoms with van der Waals surface area (Å²) in [5.41, 5.74) is 1.27. The van der Waals surface area contributed by atoms with Crippen LogP contribution in [0, 0.1) is 0 Å². The first kappa shape index (κ1) is 18.0. The highest BCUT2D eigenvalue weighted by Crippen LogP contribution is 2.08. The fourth-order valence-electron chi connectivity index (χ4n) is 2.12. The van der Waals surface area contributed by atoms with Crippen molar-refractivity contribution in [2.75, 3.05) is 20.6 Å². The highest BCUT2D eigenvalue weighted by Gasteiger charge is 2.07. The molecular formula is C15H23IN4S. The first-order valence-electron chi connectivity index (χ1n) is 6.75. The molecule has 0 fully saturated rings. The molecule has 2 rings (SSSR count). The molecule has 1 N–H and O–H groups in total. The molecule has 0 bridgehead atoms. The fraction of sp³-hybridized carbons (Fsp3) is 0.400. The van der Waals surface area contributed by atoms with E-state index in [1.54, 1.807) is 11.3 Å². The Morgan fingerprint density at radius 2 is 2.19 bits per heavy atom. The van der Waals surface area contributed by atoms with Gasteiger partial charge in [-0.25, -0.2) is 0 Å². The predicted molar refractivity (Wildman–Crippen MR) is 102 cm³/mol. The van der Waals surface area contributed by atoms with Crippen LogP contribution in [-0.4, -0.2) is 36.1 Å². The summed E-state index contributed by atoms with van der Waals surface area (Å²) in [6.45, 7) is 1.76. The number of rotatable bonds is 5. The highest BCUT2D eigenvalue weighted by molar-refractivity contribution is 14.0. The van der Waals surface area contributed by atoms with Crippen molar-refractivity contribution in [1.82, 2.24) is 14.8 Å². The van der Waals surface area contributed by atoms with Crippen molar-refractivity contribution < 1.29 is 0 Å². The van der Waals surface area contributed by atoms with Crippen molar-refractivity contribution in [1.29, 1.82) is 0 Å². The molecule has 4 nitrogen and oxygen atoms in total. The van der Waals surface area contributed by atoms with Crippen LogP contribution in [0.1, 0.15) is 10.6 Å². The van der Waals surface area contributed by atoms with Crippen LogP contribution in [-0.2, 0) is 20.0 Å². The van der Waals surface area contributed by atoms with Crippen molar-refractivity contribution in [3.63, 3.8) is 0 Å². The Morgan fingerprint density at radius 1 is 1.38 bits per heavy atom.